The van der Waals surface area contributed by atoms with E-state index in [2.05, 4.69) is 5.32 Å². The summed E-state index contributed by atoms with van der Waals surface area (Å²) in [6.07, 6.45) is 1.63. The minimum atomic E-state index is -0.370. The molecule has 3 aromatic rings. The van der Waals surface area contributed by atoms with Gasteiger partial charge >= 0.3 is 0 Å². The summed E-state index contributed by atoms with van der Waals surface area (Å²) in [5.74, 6) is 0.442. The number of benzene rings is 3. The molecule has 3 aromatic carbocycles. The monoisotopic (exact) mass is 536 g/mol. The number of carbonyl (C=O) groups is 3. The van der Waals surface area contributed by atoms with E-state index in [-0.39, 0.29) is 36.8 Å². The fourth-order valence-corrected chi connectivity index (χ4v) is 4.56. The Labute approximate surface area is 224 Å². The topological polar surface area (TPSA) is 84.9 Å². The van der Waals surface area contributed by atoms with Crippen LogP contribution in [0.25, 0.3) is 6.08 Å². The second-order valence-electron chi connectivity index (χ2n) is 8.37. The van der Waals surface area contributed by atoms with Crippen LogP contribution in [0, 0.1) is 13.8 Å². The fraction of sp³-hybridized carbons (Fsp3) is 0.179. The number of anilines is 1. The molecule has 0 aliphatic carbocycles. The minimum absolute atomic E-state index is 0.153. The van der Waals surface area contributed by atoms with Crippen molar-refractivity contribution in [2.45, 2.75) is 13.8 Å². The van der Waals surface area contributed by atoms with Gasteiger partial charge < -0.3 is 14.8 Å². The number of thioether (sulfide) groups is 1. The van der Waals surface area contributed by atoms with Gasteiger partial charge in [0.2, 0.25) is 0 Å². The molecule has 1 N–H and O–H groups in total. The third-order valence-electron chi connectivity index (χ3n) is 5.43. The van der Waals surface area contributed by atoms with Crippen molar-refractivity contribution in [1.82, 2.24) is 4.90 Å². The Morgan fingerprint density at radius 3 is 2.51 bits per heavy atom. The van der Waals surface area contributed by atoms with Crippen molar-refractivity contribution in [3.8, 4) is 11.5 Å². The van der Waals surface area contributed by atoms with Crippen LogP contribution in [-0.2, 0) is 9.59 Å². The summed E-state index contributed by atoms with van der Waals surface area (Å²) in [6.45, 7) is 4.00. The van der Waals surface area contributed by atoms with Crippen molar-refractivity contribution < 1.29 is 23.9 Å². The highest BCUT2D eigenvalue weighted by Crippen LogP contribution is 2.32. The number of amides is 3. The van der Waals surface area contributed by atoms with E-state index in [1.807, 2.05) is 44.2 Å². The molecule has 0 spiro atoms. The molecule has 1 saturated heterocycles. The van der Waals surface area contributed by atoms with Crippen LogP contribution in [0.5, 0.6) is 11.5 Å². The van der Waals surface area contributed by atoms with Crippen LogP contribution < -0.4 is 14.8 Å². The molecule has 1 fully saturated rings. The summed E-state index contributed by atoms with van der Waals surface area (Å²) in [4.78, 5) is 39.0. The van der Waals surface area contributed by atoms with E-state index in [0.717, 1.165) is 22.9 Å². The molecule has 3 amide bonds. The highest BCUT2D eigenvalue weighted by molar-refractivity contribution is 8.18. The molecule has 0 aromatic heterocycles. The zero-order valence-electron chi connectivity index (χ0n) is 20.3. The van der Waals surface area contributed by atoms with Gasteiger partial charge in [-0.1, -0.05) is 41.9 Å². The first-order valence-corrected chi connectivity index (χ1v) is 12.7. The van der Waals surface area contributed by atoms with Crippen LogP contribution in [0.15, 0.2) is 71.6 Å². The summed E-state index contributed by atoms with van der Waals surface area (Å²) in [6, 6.07) is 19.8. The number of nitrogens with one attached hydrogen (secondary N) is 1. The van der Waals surface area contributed by atoms with Crippen LogP contribution >= 0.6 is 23.4 Å². The Kier molecular flexibility index (Phi) is 8.53. The molecule has 1 heterocycles. The maximum absolute atomic E-state index is 12.8. The number of imide groups is 1. The smallest absolute Gasteiger partial charge is 0.293 e. The molecule has 7 nitrogen and oxygen atoms in total. The Morgan fingerprint density at radius 1 is 1.00 bits per heavy atom. The van der Waals surface area contributed by atoms with Crippen molar-refractivity contribution >= 4 is 52.2 Å². The third-order valence-corrected chi connectivity index (χ3v) is 6.74. The molecule has 0 saturated carbocycles. The van der Waals surface area contributed by atoms with Crippen molar-refractivity contribution in [3.63, 3.8) is 0 Å². The SMILES string of the molecule is Cc1cccc(OCCN2C(=O)S/C(=C\c3cccc(OCC(=O)Nc4ccc(C)c(Cl)c4)c3)C2=O)c1. The van der Waals surface area contributed by atoms with Crippen molar-refractivity contribution in [2.24, 2.45) is 0 Å². The highest BCUT2D eigenvalue weighted by atomic mass is 35.5. The molecule has 0 bridgehead atoms. The molecular formula is C28H25ClN2O5S. The molecule has 37 heavy (non-hydrogen) atoms. The first-order valence-electron chi connectivity index (χ1n) is 11.5. The molecule has 0 radical (unpaired) electrons. The summed E-state index contributed by atoms with van der Waals surface area (Å²) in [5, 5.41) is 2.96. The molecule has 0 atom stereocenters. The lowest BCUT2D eigenvalue weighted by Crippen LogP contribution is -2.32. The molecule has 4 rings (SSSR count). The van der Waals surface area contributed by atoms with Crippen molar-refractivity contribution in [3.05, 3.63) is 93.3 Å². The first-order chi connectivity index (χ1) is 17.8. The van der Waals surface area contributed by atoms with Gasteiger partial charge in [0, 0.05) is 10.7 Å². The number of hydrogen-bond acceptors (Lipinski definition) is 6. The lowest BCUT2D eigenvalue weighted by molar-refractivity contribution is -0.123. The second kappa shape index (κ2) is 12.0. The van der Waals surface area contributed by atoms with Gasteiger partial charge in [-0.25, -0.2) is 0 Å². The molecule has 0 unspecified atom stereocenters. The average Bonchev–Trinajstić information content (AvgIpc) is 3.12. The Balaban J connectivity index is 1.32. The van der Waals surface area contributed by atoms with Crippen LogP contribution in [0.2, 0.25) is 5.02 Å². The molecule has 190 valence electrons. The molecule has 1 aliphatic heterocycles. The lowest BCUT2D eigenvalue weighted by Gasteiger charge is -2.13. The minimum Gasteiger partial charge on any atom is -0.492 e. The number of halogens is 1. The Hall–Kier alpha value is -3.75. The number of aryl methyl sites for hydroxylation is 2. The number of hydrogen-bond donors (Lipinski definition) is 1. The van der Waals surface area contributed by atoms with E-state index < -0.39 is 0 Å². The van der Waals surface area contributed by atoms with Crippen molar-refractivity contribution in [2.75, 3.05) is 25.1 Å². The molecular weight excluding hydrogens is 512 g/mol. The van der Waals surface area contributed by atoms with Gasteiger partial charge in [0.05, 0.1) is 11.4 Å². The van der Waals surface area contributed by atoms with E-state index in [4.69, 9.17) is 21.1 Å². The summed E-state index contributed by atoms with van der Waals surface area (Å²) in [7, 11) is 0. The van der Waals surface area contributed by atoms with Crippen LogP contribution in [0.1, 0.15) is 16.7 Å². The number of carbonyl (C=O) groups excluding carboxylic acids is 3. The molecule has 9 heteroatoms. The van der Waals surface area contributed by atoms with Crippen molar-refractivity contribution in [1.29, 1.82) is 0 Å². The van der Waals surface area contributed by atoms with E-state index in [1.54, 1.807) is 42.5 Å². The fourth-order valence-electron chi connectivity index (χ4n) is 3.51. The van der Waals surface area contributed by atoms with Gasteiger partial charge in [-0.2, -0.15) is 0 Å². The largest absolute Gasteiger partial charge is 0.492 e. The maximum atomic E-state index is 12.8. The summed E-state index contributed by atoms with van der Waals surface area (Å²) < 4.78 is 11.3. The van der Waals surface area contributed by atoms with Crippen LogP contribution in [-0.4, -0.2) is 41.7 Å². The summed E-state index contributed by atoms with van der Waals surface area (Å²) >= 11 is 6.98. The number of ether oxygens (including phenoxy) is 2. The predicted molar refractivity (Wildman–Crippen MR) is 146 cm³/mol. The second-order valence-corrected chi connectivity index (χ2v) is 9.77. The van der Waals surface area contributed by atoms with E-state index >= 15 is 0 Å². The van der Waals surface area contributed by atoms with Gasteiger partial charge in [-0.05, 0) is 84.8 Å². The third kappa shape index (κ3) is 7.15. The lowest BCUT2D eigenvalue weighted by atomic mass is 10.2. The van der Waals surface area contributed by atoms with Crippen LogP contribution in [0.4, 0.5) is 10.5 Å². The first kappa shape index (κ1) is 26.3. The Bertz CT molecular complexity index is 1370. The average molecular weight is 537 g/mol. The normalized spacial score (nSPS) is 14.2. The predicted octanol–water partition coefficient (Wildman–Crippen LogP) is 6.09. The quantitative estimate of drug-likeness (QED) is 0.333. The number of rotatable bonds is 9. The zero-order valence-corrected chi connectivity index (χ0v) is 21.9. The van der Waals surface area contributed by atoms with Gasteiger partial charge in [-0.3, -0.25) is 19.3 Å². The Morgan fingerprint density at radius 2 is 1.76 bits per heavy atom. The van der Waals surface area contributed by atoms with E-state index in [9.17, 15) is 14.4 Å². The summed E-state index contributed by atoms with van der Waals surface area (Å²) in [5.41, 5.74) is 3.23. The maximum Gasteiger partial charge on any atom is 0.293 e. The highest BCUT2D eigenvalue weighted by Gasteiger charge is 2.34. The van der Waals surface area contributed by atoms with Gasteiger partial charge in [-0.15, -0.1) is 0 Å². The standard InChI is InChI=1S/C28H25ClN2O5S/c1-18-5-3-7-22(13-18)35-12-11-31-27(33)25(37-28(31)34)15-20-6-4-8-23(14-20)36-17-26(32)30-21-10-9-19(2)24(29)16-21/h3-10,13-16H,11-12,17H2,1-2H3,(H,30,32)/b25-15-. The van der Waals surface area contributed by atoms with Gasteiger partial charge in [0.1, 0.15) is 18.1 Å². The van der Waals surface area contributed by atoms with Crippen LogP contribution in [0.3, 0.4) is 0 Å². The van der Waals surface area contributed by atoms with E-state index in [1.165, 1.54) is 4.90 Å². The zero-order chi connectivity index (χ0) is 26.4. The van der Waals surface area contributed by atoms with Gasteiger partial charge in [0.15, 0.2) is 6.61 Å². The van der Waals surface area contributed by atoms with Gasteiger partial charge in [0.25, 0.3) is 17.1 Å². The molecule has 1 aliphatic rings. The van der Waals surface area contributed by atoms with E-state index in [0.29, 0.717) is 32.7 Å². The number of nitrogens with zero attached hydrogens (tertiary/aromatic N) is 1.